The van der Waals surface area contributed by atoms with E-state index in [-0.39, 0.29) is 36.4 Å². The molecule has 2 fully saturated rings. The number of ether oxygens (including phenoxy) is 4. The predicted molar refractivity (Wildman–Crippen MR) is 191 cm³/mol. The number of ketones is 1. The number of hydrogen-bond donors (Lipinski definition) is 1. The number of aliphatic hydroxyl groups is 1. The molecule has 4 aliphatic rings. The van der Waals surface area contributed by atoms with Crippen LogP contribution in [0.2, 0.25) is 0 Å². The third-order valence-corrected chi connectivity index (χ3v) is 12.2. The SMILES string of the molecule is CCCCCCCCCCCCCCCC(=O)OC1=C[C@@H]2C(=O)[C@]3(C=C(C)[C@H](OC(C)=O)[C@@]3(O)[C@@H]1OC(C)=O)[C@H](C)C[C@@H]1[C@H]2[C@]1(C)COC(C)=O. The molecular weight excluding hydrogens is 652 g/mol. The van der Waals surface area contributed by atoms with E-state index in [2.05, 4.69) is 6.92 Å². The van der Waals surface area contributed by atoms with Crippen molar-refractivity contribution in [3.05, 3.63) is 23.5 Å². The standard InChI is InChI=1S/C41H62O10/c1-8-9-10-11-12-13-14-15-16-17-18-19-20-21-34(45)51-33-23-31-35-32(39(35,7)25-48-28(4)42)22-27(3)40(36(31)46)24-26(2)37(49-29(5)43)41(40,47)38(33)50-30(6)44/h23-24,27,31-32,35,37-38,47H,8-22,25H2,1-7H3/t27-,31+,32-,35+,37+,38-,39-,40+,41-/m1/s1. The molecule has 0 radical (unpaired) electrons. The van der Waals surface area contributed by atoms with E-state index in [1.165, 1.54) is 78.6 Å². The van der Waals surface area contributed by atoms with E-state index in [1.54, 1.807) is 19.1 Å². The zero-order valence-corrected chi connectivity index (χ0v) is 32.1. The first-order valence-electron chi connectivity index (χ1n) is 19.5. The Morgan fingerprint density at radius 2 is 1.35 bits per heavy atom. The van der Waals surface area contributed by atoms with Crippen molar-refractivity contribution in [1.29, 1.82) is 0 Å². The smallest absolute Gasteiger partial charge is 0.310 e. The van der Waals surface area contributed by atoms with Gasteiger partial charge in [0.1, 0.15) is 5.76 Å². The van der Waals surface area contributed by atoms with E-state index in [0.717, 1.165) is 19.3 Å². The fourth-order valence-electron chi connectivity index (χ4n) is 9.64. The molecule has 0 aromatic rings. The van der Waals surface area contributed by atoms with Crippen LogP contribution in [-0.2, 0) is 42.9 Å². The number of Topliss-reactive ketones (excluding diaryl/α,β-unsaturated/α-hetero) is 1. The van der Waals surface area contributed by atoms with Gasteiger partial charge in [0.25, 0.3) is 0 Å². The Morgan fingerprint density at radius 1 is 0.824 bits per heavy atom. The number of carbonyl (C=O) groups excluding carboxylic acids is 5. The molecule has 0 aliphatic heterocycles. The van der Waals surface area contributed by atoms with Crippen molar-refractivity contribution in [2.75, 3.05) is 6.61 Å². The Bertz CT molecular complexity index is 1370. The van der Waals surface area contributed by atoms with Gasteiger partial charge in [0.05, 0.1) is 12.0 Å². The van der Waals surface area contributed by atoms with Gasteiger partial charge in [0, 0.05) is 38.5 Å². The lowest BCUT2D eigenvalue weighted by atomic mass is 9.59. The Kier molecular flexibility index (Phi) is 13.8. The van der Waals surface area contributed by atoms with E-state index in [0.29, 0.717) is 18.4 Å². The largest absolute Gasteiger partial charge is 0.465 e. The van der Waals surface area contributed by atoms with Crippen molar-refractivity contribution in [3.63, 3.8) is 0 Å². The summed E-state index contributed by atoms with van der Waals surface area (Å²) in [6, 6.07) is 0. The number of carbonyl (C=O) groups is 5. The Hall–Kier alpha value is -3.01. The fraction of sp³-hybridized carbons (Fsp3) is 0.780. The fourth-order valence-corrected chi connectivity index (χ4v) is 9.64. The zero-order valence-electron chi connectivity index (χ0n) is 32.1. The Morgan fingerprint density at radius 3 is 1.88 bits per heavy atom. The summed E-state index contributed by atoms with van der Waals surface area (Å²) in [5, 5.41) is 13.0. The zero-order chi connectivity index (χ0) is 37.6. The maximum Gasteiger partial charge on any atom is 0.310 e. The number of unbranched alkanes of at least 4 members (excludes halogenated alkanes) is 12. The summed E-state index contributed by atoms with van der Waals surface area (Å²) in [6.07, 6.45) is 16.0. The first kappa shape index (κ1) is 40.8. The van der Waals surface area contributed by atoms with Crippen molar-refractivity contribution in [2.24, 2.45) is 34.5 Å². The summed E-state index contributed by atoms with van der Waals surface area (Å²) in [5.74, 6) is -4.58. The molecule has 0 saturated heterocycles. The normalized spacial score (nSPS) is 33.5. The second-order valence-corrected chi connectivity index (χ2v) is 16.0. The minimum absolute atomic E-state index is 0.0461. The number of fused-ring (bicyclic) bond motifs is 3. The lowest BCUT2D eigenvalue weighted by Crippen LogP contribution is -2.66. The highest BCUT2D eigenvalue weighted by Gasteiger charge is 2.78. The lowest BCUT2D eigenvalue weighted by Gasteiger charge is -2.49. The van der Waals surface area contributed by atoms with Crippen LogP contribution in [0.5, 0.6) is 0 Å². The van der Waals surface area contributed by atoms with Crippen LogP contribution in [0.3, 0.4) is 0 Å². The van der Waals surface area contributed by atoms with Gasteiger partial charge in [-0.2, -0.15) is 0 Å². The molecule has 51 heavy (non-hydrogen) atoms. The Labute approximate surface area is 304 Å². The van der Waals surface area contributed by atoms with Crippen molar-refractivity contribution >= 4 is 29.7 Å². The molecule has 0 unspecified atom stereocenters. The van der Waals surface area contributed by atoms with E-state index in [1.807, 2.05) is 13.8 Å². The maximum absolute atomic E-state index is 15.0. The van der Waals surface area contributed by atoms with E-state index < -0.39 is 64.4 Å². The maximum atomic E-state index is 15.0. The molecule has 4 rings (SSSR count). The highest BCUT2D eigenvalue weighted by Crippen LogP contribution is 2.72. The molecule has 10 heteroatoms. The molecule has 1 spiro atoms. The Balaban J connectivity index is 1.53. The van der Waals surface area contributed by atoms with Crippen molar-refractivity contribution in [3.8, 4) is 0 Å². The van der Waals surface area contributed by atoms with Gasteiger partial charge >= 0.3 is 23.9 Å². The van der Waals surface area contributed by atoms with Crippen LogP contribution in [0.1, 0.15) is 145 Å². The van der Waals surface area contributed by atoms with Crippen LogP contribution in [-0.4, -0.2) is 59.2 Å². The second kappa shape index (κ2) is 17.2. The van der Waals surface area contributed by atoms with Crippen LogP contribution >= 0.6 is 0 Å². The van der Waals surface area contributed by atoms with Gasteiger partial charge in [0.2, 0.25) is 0 Å². The summed E-state index contributed by atoms with van der Waals surface area (Å²) in [6.45, 7) is 11.6. The second-order valence-electron chi connectivity index (χ2n) is 16.0. The summed E-state index contributed by atoms with van der Waals surface area (Å²) >= 11 is 0. The van der Waals surface area contributed by atoms with E-state index in [4.69, 9.17) is 18.9 Å². The van der Waals surface area contributed by atoms with Crippen LogP contribution < -0.4 is 0 Å². The quantitative estimate of drug-likeness (QED) is 0.0619. The molecule has 10 nitrogen and oxygen atoms in total. The average molecular weight is 715 g/mol. The lowest BCUT2D eigenvalue weighted by molar-refractivity contribution is -0.216. The van der Waals surface area contributed by atoms with Crippen LogP contribution in [0.25, 0.3) is 0 Å². The number of rotatable bonds is 19. The first-order valence-corrected chi connectivity index (χ1v) is 19.5. The molecule has 2 saturated carbocycles. The molecule has 4 aliphatic carbocycles. The van der Waals surface area contributed by atoms with Gasteiger partial charge in [0.15, 0.2) is 23.6 Å². The molecule has 9 atom stereocenters. The summed E-state index contributed by atoms with van der Waals surface area (Å²) in [4.78, 5) is 65.4. The van der Waals surface area contributed by atoms with Gasteiger partial charge in [-0.15, -0.1) is 0 Å². The van der Waals surface area contributed by atoms with Crippen molar-refractivity contribution < 1.29 is 48.0 Å². The van der Waals surface area contributed by atoms with Gasteiger partial charge in [-0.1, -0.05) is 104 Å². The first-order chi connectivity index (χ1) is 24.1. The van der Waals surface area contributed by atoms with Gasteiger partial charge in [-0.05, 0) is 49.2 Å². The summed E-state index contributed by atoms with van der Waals surface area (Å²) < 4.78 is 23.0. The highest BCUT2D eigenvalue weighted by atomic mass is 16.6. The molecule has 0 heterocycles. The number of esters is 4. The highest BCUT2D eigenvalue weighted by molar-refractivity contribution is 5.95. The molecule has 0 aromatic heterocycles. The molecular formula is C41H62O10. The molecule has 2 bridgehead atoms. The monoisotopic (exact) mass is 714 g/mol. The molecule has 0 amide bonds. The minimum atomic E-state index is -2.29. The number of hydrogen-bond acceptors (Lipinski definition) is 10. The van der Waals surface area contributed by atoms with E-state index >= 15 is 0 Å². The molecule has 0 aromatic carbocycles. The van der Waals surface area contributed by atoms with Crippen LogP contribution in [0, 0.1) is 34.5 Å². The third kappa shape index (κ3) is 8.47. The van der Waals surface area contributed by atoms with Gasteiger partial charge in [-0.3, -0.25) is 24.0 Å². The van der Waals surface area contributed by atoms with Gasteiger partial charge < -0.3 is 24.1 Å². The van der Waals surface area contributed by atoms with Crippen LogP contribution in [0.15, 0.2) is 23.5 Å². The van der Waals surface area contributed by atoms with Crippen LogP contribution in [0.4, 0.5) is 0 Å². The topological polar surface area (TPSA) is 143 Å². The van der Waals surface area contributed by atoms with E-state index in [9.17, 15) is 29.1 Å². The summed E-state index contributed by atoms with van der Waals surface area (Å²) in [5.41, 5.74) is -4.00. The van der Waals surface area contributed by atoms with Crippen molar-refractivity contribution in [1.82, 2.24) is 0 Å². The molecule has 286 valence electrons. The predicted octanol–water partition coefficient (Wildman–Crippen LogP) is 7.49. The van der Waals surface area contributed by atoms with Crippen molar-refractivity contribution in [2.45, 2.75) is 163 Å². The van der Waals surface area contributed by atoms with Gasteiger partial charge in [-0.25, -0.2) is 0 Å². The summed E-state index contributed by atoms with van der Waals surface area (Å²) in [7, 11) is 0. The number of allylic oxidation sites excluding steroid dienone is 1. The molecule has 1 N–H and O–H groups in total. The third-order valence-electron chi connectivity index (χ3n) is 12.2. The minimum Gasteiger partial charge on any atom is -0.465 e. The average Bonchev–Trinajstić information content (AvgIpc) is 3.59.